The molecule has 1 aliphatic carbocycles. The number of rotatable bonds is 3. The van der Waals surface area contributed by atoms with Crippen molar-refractivity contribution in [3.8, 4) is 0 Å². The highest BCUT2D eigenvalue weighted by Gasteiger charge is 2.36. The monoisotopic (exact) mass is 257 g/mol. The number of hydrogen-bond donors (Lipinski definition) is 1. The Morgan fingerprint density at radius 3 is 2.68 bits per heavy atom. The van der Waals surface area contributed by atoms with Crippen molar-refractivity contribution < 1.29 is 9.18 Å². The van der Waals surface area contributed by atoms with Gasteiger partial charge in [-0.1, -0.05) is 37.6 Å². The zero-order valence-corrected chi connectivity index (χ0v) is 10.8. The van der Waals surface area contributed by atoms with Gasteiger partial charge in [-0.05, 0) is 29.9 Å². The second-order valence-electron chi connectivity index (χ2n) is 5.12. The van der Waals surface area contributed by atoms with Crippen LogP contribution in [-0.2, 0) is 0 Å². The highest BCUT2D eigenvalue weighted by Crippen LogP contribution is 2.33. The van der Waals surface area contributed by atoms with Gasteiger partial charge in [-0.15, -0.1) is 0 Å². The van der Waals surface area contributed by atoms with Crippen LogP contribution in [-0.4, -0.2) is 11.9 Å². The summed E-state index contributed by atoms with van der Waals surface area (Å²) in [6.45, 7) is 2.13. The highest BCUT2D eigenvalue weighted by molar-refractivity contribution is 6.07. The van der Waals surface area contributed by atoms with E-state index >= 15 is 0 Å². The van der Waals surface area contributed by atoms with Crippen LogP contribution in [0.4, 0.5) is 4.39 Å². The standard InChI is InChI=1S/C16H16FNO/c1-2-10-9-15(10)18-16(19)13-7-8-14(17)12-6-4-3-5-11(12)13/h3-8,10,15H,2,9H2,1H3,(H,18,19). The second-order valence-corrected chi connectivity index (χ2v) is 5.12. The largest absolute Gasteiger partial charge is 0.349 e. The van der Waals surface area contributed by atoms with Crippen molar-refractivity contribution in [2.45, 2.75) is 25.8 Å². The van der Waals surface area contributed by atoms with Crippen molar-refractivity contribution in [1.29, 1.82) is 0 Å². The molecule has 1 N–H and O–H groups in total. The fraction of sp³-hybridized carbons (Fsp3) is 0.312. The molecule has 2 aromatic carbocycles. The van der Waals surface area contributed by atoms with Crippen LogP contribution in [0.3, 0.4) is 0 Å². The topological polar surface area (TPSA) is 29.1 Å². The molecule has 1 amide bonds. The second kappa shape index (κ2) is 4.65. The predicted octanol–water partition coefficient (Wildman–Crippen LogP) is 3.51. The van der Waals surface area contributed by atoms with Gasteiger partial charge in [0.05, 0.1) is 0 Å². The lowest BCUT2D eigenvalue weighted by molar-refractivity contribution is 0.0950. The summed E-state index contributed by atoms with van der Waals surface area (Å²) < 4.78 is 13.7. The van der Waals surface area contributed by atoms with Gasteiger partial charge in [0.2, 0.25) is 0 Å². The molecule has 2 aromatic rings. The maximum absolute atomic E-state index is 13.7. The van der Waals surface area contributed by atoms with Crippen LogP contribution < -0.4 is 5.32 Å². The molecule has 2 unspecified atom stereocenters. The predicted molar refractivity (Wildman–Crippen MR) is 73.6 cm³/mol. The molecule has 0 radical (unpaired) electrons. The average Bonchev–Trinajstić information content (AvgIpc) is 3.17. The number of benzene rings is 2. The molecule has 1 aliphatic rings. The summed E-state index contributed by atoms with van der Waals surface area (Å²) in [4.78, 5) is 12.2. The molecule has 3 heteroatoms. The van der Waals surface area contributed by atoms with Gasteiger partial charge >= 0.3 is 0 Å². The Bertz CT molecular complexity index is 638. The number of hydrogen-bond acceptors (Lipinski definition) is 1. The van der Waals surface area contributed by atoms with Crippen LogP contribution in [0.15, 0.2) is 36.4 Å². The minimum atomic E-state index is -0.287. The Morgan fingerprint density at radius 2 is 2.00 bits per heavy atom. The van der Waals surface area contributed by atoms with Crippen LogP contribution in [0, 0.1) is 11.7 Å². The SMILES string of the molecule is CCC1CC1NC(=O)c1ccc(F)c2ccccc12. The summed E-state index contributed by atoms with van der Waals surface area (Å²) in [6, 6.07) is 10.3. The van der Waals surface area contributed by atoms with E-state index in [1.54, 1.807) is 24.3 Å². The van der Waals surface area contributed by atoms with E-state index in [2.05, 4.69) is 12.2 Å². The van der Waals surface area contributed by atoms with Crippen LogP contribution in [0.2, 0.25) is 0 Å². The van der Waals surface area contributed by atoms with Crippen molar-refractivity contribution in [2.24, 2.45) is 5.92 Å². The number of carbonyl (C=O) groups is 1. The van der Waals surface area contributed by atoms with Crippen molar-refractivity contribution in [2.75, 3.05) is 0 Å². The van der Waals surface area contributed by atoms with Gasteiger partial charge in [-0.3, -0.25) is 4.79 Å². The molecule has 0 spiro atoms. The summed E-state index contributed by atoms with van der Waals surface area (Å²) in [6.07, 6.45) is 2.15. The lowest BCUT2D eigenvalue weighted by atomic mass is 10.0. The quantitative estimate of drug-likeness (QED) is 0.895. The van der Waals surface area contributed by atoms with E-state index in [1.807, 2.05) is 6.07 Å². The Balaban J connectivity index is 1.92. The van der Waals surface area contributed by atoms with Crippen molar-refractivity contribution in [3.05, 3.63) is 47.8 Å². The van der Waals surface area contributed by atoms with Crippen molar-refractivity contribution in [1.82, 2.24) is 5.32 Å². The lowest BCUT2D eigenvalue weighted by Crippen LogP contribution is -2.27. The third-order valence-corrected chi connectivity index (χ3v) is 3.88. The van der Waals surface area contributed by atoms with Gasteiger partial charge in [-0.2, -0.15) is 0 Å². The Morgan fingerprint density at radius 1 is 1.26 bits per heavy atom. The average molecular weight is 257 g/mol. The zero-order valence-electron chi connectivity index (χ0n) is 10.8. The lowest BCUT2D eigenvalue weighted by Gasteiger charge is -2.08. The molecule has 0 aromatic heterocycles. The summed E-state index contributed by atoms with van der Waals surface area (Å²) in [5.74, 6) is 0.220. The first-order chi connectivity index (χ1) is 9.20. The third kappa shape index (κ3) is 2.21. The molecule has 2 nitrogen and oxygen atoms in total. The van der Waals surface area contributed by atoms with Crippen LogP contribution in [0.1, 0.15) is 30.1 Å². The first-order valence-electron chi connectivity index (χ1n) is 6.69. The van der Waals surface area contributed by atoms with E-state index < -0.39 is 0 Å². The van der Waals surface area contributed by atoms with Crippen LogP contribution in [0.25, 0.3) is 10.8 Å². The number of carbonyl (C=O) groups excluding carboxylic acids is 1. The highest BCUT2D eigenvalue weighted by atomic mass is 19.1. The fourth-order valence-corrected chi connectivity index (χ4v) is 2.58. The van der Waals surface area contributed by atoms with E-state index in [1.165, 1.54) is 6.07 Å². The molecule has 0 aliphatic heterocycles. The Labute approximate surface area is 111 Å². The van der Waals surface area contributed by atoms with E-state index in [0.29, 0.717) is 28.3 Å². The van der Waals surface area contributed by atoms with Crippen LogP contribution >= 0.6 is 0 Å². The first-order valence-corrected chi connectivity index (χ1v) is 6.69. The number of nitrogens with one attached hydrogen (secondary N) is 1. The molecule has 1 fully saturated rings. The molecule has 1 saturated carbocycles. The minimum Gasteiger partial charge on any atom is -0.349 e. The summed E-state index contributed by atoms with van der Waals surface area (Å²) in [7, 11) is 0. The zero-order chi connectivity index (χ0) is 13.4. The summed E-state index contributed by atoms with van der Waals surface area (Å²) >= 11 is 0. The fourth-order valence-electron chi connectivity index (χ4n) is 2.58. The van der Waals surface area contributed by atoms with Gasteiger partial charge in [0.15, 0.2) is 0 Å². The van der Waals surface area contributed by atoms with Gasteiger partial charge in [-0.25, -0.2) is 4.39 Å². The molecule has 0 heterocycles. The molecule has 0 bridgehead atoms. The van der Waals surface area contributed by atoms with Gasteiger partial charge in [0, 0.05) is 17.0 Å². The Kier molecular flexibility index (Phi) is 2.97. The summed E-state index contributed by atoms with van der Waals surface area (Å²) in [5.41, 5.74) is 0.554. The van der Waals surface area contributed by atoms with Gasteiger partial charge in [0.25, 0.3) is 5.91 Å². The Hall–Kier alpha value is -1.90. The molecule has 0 saturated heterocycles. The van der Waals surface area contributed by atoms with E-state index in [-0.39, 0.29) is 11.7 Å². The van der Waals surface area contributed by atoms with E-state index in [4.69, 9.17) is 0 Å². The molecular weight excluding hydrogens is 241 g/mol. The minimum absolute atomic E-state index is 0.0999. The van der Waals surface area contributed by atoms with E-state index in [0.717, 1.165) is 12.8 Å². The molecule has 19 heavy (non-hydrogen) atoms. The normalized spacial score (nSPS) is 21.4. The van der Waals surface area contributed by atoms with Crippen molar-refractivity contribution >= 4 is 16.7 Å². The van der Waals surface area contributed by atoms with Gasteiger partial charge < -0.3 is 5.32 Å². The molecule has 2 atom stereocenters. The molecule has 98 valence electrons. The van der Waals surface area contributed by atoms with E-state index in [9.17, 15) is 9.18 Å². The van der Waals surface area contributed by atoms with Gasteiger partial charge in [0.1, 0.15) is 5.82 Å². The maximum atomic E-state index is 13.7. The van der Waals surface area contributed by atoms with Crippen molar-refractivity contribution in [3.63, 3.8) is 0 Å². The third-order valence-electron chi connectivity index (χ3n) is 3.88. The summed E-state index contributed by atoms with van der Waals surface area (Å²) in [5, 5.41) is 4.19. The smallest absolute Gasteiger partial charge is 0.252 e. The van der Waals surface area contributed by atoms with Crippen LogP contribution in [0.5, 0.6) is 0 Å². The number of fused-ring (bicyclic) bond motifs is 1. The number of halogens is 1. The first kappa shape index (κ1) is 12.2. The molecule has 3 rings (SSSR count). The molecular formula is C16H16FNO. The maximum Gasteiger partial charge on any atom is 0.252 e. The number of amides is 1.